The number of aliphatic hydroxyl groups is 15. The minimum absolute atomic E-state index is 0.792. The van der Waals surface area contributed by atoms with Gasteiger partial charge in [0.2, 0.25) is 0 Å². The molecule has 3 aliphatic heterocycles. The van der Waals surface area contributed by atoms with Gasteiger partial charge in [0.1, 0.15) is 97.7 Å². The van der Waals surface area contributed by atoms with E-state index < -0.39 is 150 Å². The van der Waals surface area contributed by atoms with Gasteiger partial charge >= 0.3 is 0 Å². The average Bonchev–Trinajstić information content (AvgIpc) is 3.04. The van der Waals surface area contributed by atoms with Gasteiger partial charge < -0.3 is 105 Å². The number of aliphatic hydroxyl groups excluding tert-OH is 15. The van der Waals surface area contributed by atoms with E-state index >= 15 is 0 Å². The minimum atomic E-state index is -2.08. The molecule has 266 valence electrons. The molecular weight excluding hydrogens is 624 g/mol. The third kappa shape index (κ3) is 8.43. The molecule has 0 aliphatic carbocycles. The molecule has 0 radical (unpaired) electrons. The van der Waals surface area contributed by atoms with E-state index in [0.29, 0.717) is 0 Å². The highest BCUT2D eigenvalue weighted by molar-refractivity contribution is 4.97. The summed E-state index contributed by atoms with van der Waals surface area (Å²) >= 11 is 0. The van der Waals surface area contributed by atoms with Gasteiger partial charge in [0.25, 0.3) is 0 Å². The van der Waals surface area contributed by atoms with Gasteiger partial charge in [-0.1, -0.05) is 0 Å². The summed E-state index contributed by atoms with van der Waals surface area (Å²) in [5, 5.41) is 151. The van der Waals surface area contributed by atoms with Crippen LogP contribution in [0.15, 0.2) is 0 Å². The van der Waals surface area contributed by atoms with Crippen LogP contribution in [0.5, 0.6) is 0 Å². The molecule has 2 unspecified atom stereocenters. The summed E-state index contributed by atoms with van der Waals surface area (Å²) in [6, 6.07) is 0. The van der Waals surface area contributed by atoms with Crippen LogP contribution in [0, 0.1) is 0 Å². The zero-order chi connectivity index (χ0) is 33.7. The summed E-state index contributed by atoms with van der Waals surface area (Å²) < 4.78 is 32.4. The molecule has 19 atom stereocenters. The van der Waals surface area contributed by atoms with E-state index in [1.54, 1.807) is 0 Å². The minimum Gasteiger partial charge on any atom is -0.394 e. The van der Waals surface area contributed by atoms with Gasteiger partial charge in [-0.2, -0.15) is 0 Å². The maximum absolute atomic E-state index is 10.8. The van der Waals surface area contributed by atoms with Crippen molar-refractivity contribution in [3.05, 3.63) is 0 Å². The molecule has 21 nitrogen and oxygen atoms in total. The van der Waals surface area contributed by atoms with Crippen molar-refractivity contribution in [3.63, 3.8) is 0 Å². The van der Waals surface area contributed by atoms with Crippen molar-refractivity contribution < 1.29 is 105 Å². The summed E-state index contributed by atoms with van der Waals surface area (Å²) in [6.07, 6.45) is -34.8. The molecule has 0 amide bonds. The topological polar surface area (TPSA) is 359 Å². The zero-order valence-corrected chi connectivity index (χ0v) is 23.7. The van der Waals surface area contributed by atoms with E-state index in [9.17, 15) is 71.5 Å². The van der Waals surface area contributed by atoms with E-state index in [1.807, 2.05) is 0 Å². The van der Waals surface area contributed by atoms with E-state index in [4.69, 9.17) is 33.5 Å². The first kappa shape index (κ1) is 38.6. The van der Waals surface area contributed by atoms with Gasteiger partial charge in [0.15, 0.2) is 18.9 Å². The largest absolute Gasteiger partial charge is 0.394 e. The molecule has 3 fully saturated rings. The van der Waals surface area contributed by atoms with Crippen LogP contribution in [0.1, 0.15) is 0 Å². The quantitative estimate of drug-likeness (QED) is 0.0816. The molecule has 45 heavy (non-hydrogen) atoms. The first-order valence-corrected chi connectivity index (χ1v) is 14.0. The van der Waals surface area contributed by atoms with Crippen LogP contribution in [-0.4, -0.2) is 226 Å². The third-order valence-electron chi connectivity index (χ3n) is 7.85. The Labute approximate surface area is 255 Å². The Bertz CT molecular complexity index is 867. The lowest BCUT2D eigenvalue weighted by Crippen LogP contribution is -2.67. The summed E-state index contributed by atoms with van der Waals surface area (Å²) in [6.45, 7) is -4.63. The van der Waals surface area contributed by atoms with Crippen molar-refractivity contribution in [2.45, 2.75) is 117 Å². The highest BCUT2D eigenvalue weighted by atomic mass is 16.8. The lowest BCUT2D eigenvalue weighted by atomic mass is 9.96. The maximum Gasteiger partial charge on any atom is 0.187 e. The van der Waals surface area contributed by atoms with Crippen molar-refractivity contribution in [2.75, 3.05) is 33.0 Å². The lowest BCUT2D eigenvalue weighted by Gasteiger charge is -2.48. The maximum atomic E-state index is 10.8. The van der Waals surface area contributed by atoms with Crippen molar-refractivity contribution in [1.82, 2.24) is 0 Å². The Morgan fingerprint density at radius 1 is 0.467 bits per heavy atom. The molecule has 3 aliphatic rings. The summed E-state index contributed by atoms with van der Waals surface area (Å²) in [7, 11) is 0. The number of hydrogen-bond acceptors (Lipinski definition) is 21. The highest BCUT2D eigenvalue weighted by Crippen LogP contribution is 2.33. The fourth-order valence-electron chi connectivity index (χ4n) is 5.14. The van der Waals surface area contributed by atoms with Crippen molar-refractivity contribution in [1.29, 1.82) is 0 Å². The van der Waals surface area contributed by atoms with Gasteiger partial charge in [-0.05, 0) is 0 Å². The van der Waals surface area contributed by atoms with Gasteiger partial charge in [-0.15, -0.1) is 0 Å². The normalized spacial score (nSPS) is 45.5. The number of hydrogen-bond donors (Lipinski definition) is 15. The highest BCUT2D eigenvalue weighted by Gasteiger charge is 2.54. The van der Waals surface area contributed by atoms with Crippen molar-refractivity contribution >= 4 is 0 Å². The monoisotopic (exact) mass is 668 g/mol. The molecular formula is C24H44O21. The van der Waals surface area contributed by atoms with Gasteiger partial charge in [-0.25, -0.2) is 0 Å². The molecule has 3 rings (SSSR count). The predicted molar refractivity (Wildman–Crippen MR) is 136 cm³/mol. The average molecular weight is 669 g/mol. The van der Waals surface area contributed by atoms with Crippen LogP contribution in [0.4, 0.5) is 0 Å². The van der Waals surface area contributed by atoms with E-state index in [1.165, 1.54) is 0 Å². The predicted octanol–water partition coefficient (Wildman–Crippen LogP) is -10.1. The second-order valence-corrected chi connectivity index (χ2v) is 10.9. The van der Waals surface area contributed by atoms with Crippen molar-refractivity contribution in [2.24, 2.45) is 0 Å². The molecule has 3 saturated heterocycles. The lowest BCUT2D eigenvalue weighted by molar-refractivity contribution is -0.383. The Balaban J connectivity index is 1.72. The van der Waals surface area contributed by atoms with Crippen LogP contribution in [-0.2, 0) is 28.4 Å². The fraction of sp³-hybridized carbons (Fsp3) is 1.00. The van der Waals surface area contributed by atoms with E-state index in [0.717, 1.165) is 0 Å². The zero-order valence-electron chi connectivity index (χ0n) is 23.7. The standard InChI is InChI=1S/C24H44O21/c25-1-6(30)11(32)19(7(31)2-26)43-23-17(38)14(35)21(9(4-28)41-23)45-24-18(39)15(36)20(10(5-29)42-24)44-22-16(37)13(34)12(33)8(3-27)40-22/h6-39H,1-5H2/t6-,7+,8+,9+,10+,11+,12+,13-,14+,15+,16+,17+,18+,19?,20+,21+,22?,23+,24+/m0/s1. The van der Waals surface area contributed by atoms with E-state index in [-0.39, 0.29) is 0 Å². The molecule has 0 aromatic rings. The molecule has 3 heterocycles. The summed E-state index contributed by atoms with van der Waals surface area (Å²) in [5.41, 5.74) is 0. The fourth-order valence-corrected chi connectivity index (χ4v) is 5.14. The smallest absolute Gasteiger partial charge is 0.187 e. The van der Waals surface area contributed by atoms with Crippen molar-refractivity contribution in [3.8, 4) is 0 Å². The van der Waals surface area contributed by atoms with Crippen LogP contribution in [0.3, 0.4) is 0 Å². The Morgan fingerprint density at radius 2 is 0.867 bits per heavy atom. The second-order valence-electron chi connectivity index (χ2n) is 10.9. The van der Waals surface area contributed by atoms with Gasteiger partial charge in [0.05, 0.1) is 33.0 Å². The van der Waals surface area contributed by atoms with Crippen LogP contribution < -0.4 is 0 Å². The Morgan fingerprint density at radius 3 is 1.31 bits per heavy atom. The molecule has 0 aromatic heterocycles. The van der Waals surface area contributed by atoms with Crippen LogP contribution >= 0.6 is 0 Å². The third-order valence-corrected chi connectivity index (χ3v) is 7.85. The van der Waals surface area contributed by atoms with Gasteiger partial charge in [0, 0.05) is 0 Å². The molecule has 0 saturated carbocycles. The Kier molecular flexibility index (Phi) is 14.6. The number of rotatable bonds is 14. The molecule has 0 spiro atoms. The number of ether oxygens (including phenoxy) is 6. The Hall–Kier alpha value is -0.840. The molecule has 15 N–H and O–H groups in total. The summed E-state index contributed by atoms with van der Waals surface area (Å²) in [4.78, 5) is 0. The first-order valence-electron chi connectivity index (χ1n) is 14.0. The molecule has 21 heteroatoms. The first-order chi connectivity index (χ1) is 21.2. The summed E-state index contributed by atoms with van der Waals surface area (Å²) in [5.74, 6) is 0. The SMILES string of the molecule is OC[C@@H](O)C(O[C@H]1O[C@H](CO)[C@@H](O[C@H]2O[C@H](CO)[C@@H](OC3O[C@H](CO)[C@@H](O)[C@H](O)[C@H]3O)[C@H](O)[C@H]2O)[C@H](O)[C@H]1O)[C@H](O)[C@@H](O)CO. The second kappa shape index (κ2) is 17.0. The molecule has 0 bridgehead atoms. The van der Waals surface area contributed by atoms with Gasteiger partial charge in [-0.3, -0.25) is 0 Å². The van der Waals surface area contributed by atoms with Crippen LogP contribution in [0.2, 0.25) is 0 Å². The van der Waals surface area contributed by atoms with Crippen LogP contribution in [0.25, 0.3) is 0 Å². The van der Waals surface area contributed by atoms with E-state index in [2.05, 4.69) is 0 Å². The molecule has 0 aromatic carbocycles.